The normalized spacial score (nSPS) is 13.7. The van der Waals surface area contributed by atoms with Crippen LogP contribution in [0.1, 0.15) is 17.5 Å². The second-order valence-corrected chi connectivity index (χ2v) is 6.26. The molecule has 0 radical (unpaired) electrons. The highest BCUT2D eigenvalue weighted by Crippen LogP contribution is 2.29. The van der Waals surface area contributed by atoms with Crippen LogP contribution in [0, 0.1) is 0 Å². The Labute approximate surface area is 169 Å². The van der Waals surface area contributed by atoms with E-state index in [1.807, 2.05) is 0 Å². The molecule has 0 fully saturated rings. The van der Waals surface area contributed by atoms with E-state index in [0.29, 0.717) is 17.1 Å². The van der Waals surface area contributed by atoms with Crippen LogP contribution in [0.5, 0.6) is 23.0 Å². The van der Waals surface area contributed by atoms with E-state index in [4.69, 9.17) is 14.2 Å². The summed E-state index contributed by atoms with van der Waals surface area (Å²) in [5.41, 5.74) is 1.14. The van der Waals surface area contributed by atoms with Gasteiger partial charge in [0.15, 0.2) is 18.3 Å². The minimum absolute atomic E-state index is 0.00350. The maximum Gasteiger partial charge on any atom is 0.188 e. The summed E-state index contributed by atoms with van der Waals surface area (Å²) in [4.78, 5) is 0. The van der Waals surface area contributed by atoms with Crippen molar-refractivity contribution in [1.29, 1.82) is 0 Å². The molecular formula is C22H26O7. The molecule has 0 aromatic heterocycles. The Bertz CT molecular complexity index is 845. The van der Waals surface area contributed by atoms with Gasteiger partial charge in [0.25, 0.3) is 0 Å². The first-order chi connectivity index (χ1) is 13.9. The van der Waals surface area contributed by atoms with E-state index in [1.165, 1.54) is 44.6 Å². The van der Waals surface area contributed by atoms with Gasteiger partial charge in [-0.2, -0.15) is 0 Å². The van der Waals surface area contributed by atoms with Crippen molar-refractivity contribution in [3.63, 3.8) is 0 Å². The van der Waals surface area contributed by atoms with Crippen LogP contribution in [0.2, 0.25) is 0 Å². The number of ether oxygens (including phenoxy) is 3. The quantitative estimate of drug-likeness (QED) is 0.453. The highest BCUT2D eigenvalue weighted by molar-refractivity contribution is 5.64. The third kappa shape index (κ3) is 6.83. The molecular weight excluding hydrogens is 376 g/mol. The smallest absolute Gasteiger partial charge is 0.188 e. The van der Waals surface area contributed by atoms with E-state index in [2.05, 4.69) is 0 Å². The zero-order valence-corrected chi connectivity index (χ0v) is 16.4. The third-order valence-corrected chi connectivity index (χ3v) is 4.06. The van der Waals surface area contributed by atoms with Crippen molar-refractivity contribution in [2.45, 2.75) is 18.6 Å². The Balaban J connectivity index is 1.99. The topological polar surface area (TPSA) is 109 Å². The number of aliphatic hydroxyl groups is 2. The number of hydrogen-bond acceptors (Lipinski definition) is 7. The van der Waals surface area contributed by atoms with E-state index >= 15 is 0 Å². The summed E-state index contributed by atoms with van der Waals surface area (Å²) < 4.78 is 15.3. The number of benzene rings is 2. The summed E-state index contributed by atoms with van der Waals surface area (Å²) in [6, 6.07) is 9.63. The van der Waals surface area contributed by atoms with Crippen molar-refractivity contribution in [3.8, 4) is 23.0 Å². The summed E-state index contributed by atoms with van der Waals surface area (Å²) in [6.07, 6.45) is 4.42. The van der Waals surface area contributed by atoms with Crippen molar-refractivity contribution >= 4 is 12.2 Å². The first-order valence-electron chi connectivity index (χ1n) is 8.97. The second-order valence-electron chi connectivity index (χ2n) is 6.26. The maximum atomic E-state index is 10.2. The van der Waals surface area contributed by atoms with Crippen LogP contribution in [-0.2, 0) is 4.74 Å². The van der Waals surface area contributed by atoms with E-state index < -0.39 is 12.2 Å². The average molecular weight is 402 g/mol. The fraction of sp³-hybridized carbons (Fsp3) is 0.273. The molecule has 2 aromatic carbocycles. The number of aliphatic hydroxyl groups excluding tert-OH is 2. The van der Waals surface area contributed by atoms with Gasteiger partial charge in [0.2, 0.25) is 0 Å². The van der Waals surface area contributed by atoms with Gasteiger partial charge in [-0.15, -0.1) is 0 Å². The average Bonchev–Trinajstić information content (AvgIpc) is 2.70. The summed E-state index contributed by atoms with van der Waals surface area (Å²) in [6.45, 7) is 0.0262. The van der Waals surface area contributed by atoms with E-state index in [-0.39, 0.29) is 24.7 Å². The molecule has 7 nitrogen and oxygen atoms in total. The van der Waals surface area contributed by atoms with E-state index in [0.717, 1.165) is 5.56 Å². The van der Waals surface area contributed by atoms with Crippen LogP contribution < -0.4 is 9.47 Å². The number of phenols is 2. The number of rotatable bonds is 10. The molecule has 0 saturated carbocycles. The molecule has 2 aromatic rings. The van der Waals surface area contributed by atoms with Crippen LogP contribution in [0.25, 0.3) is 12.2 Å². The van der Waals surface area contributed by atoms with E-state index in [9.17, 15) is 20.4 Å². The molecule has 0 aliphatic carbocycles. The largest absolute Gasteiger partial charge is 0.507 e. The summed E-state index contributed by atoms with van der Waals surface area (Å²) in [5, 5.41) is 39.9. The standard InChI is InChI=1S/C22H26O7/c1-27-14-29-21-5-3-4-19(25)18(21)10-9-17(24)13-16(23)8-6-15-7-11-20(26)22(12-15)28-2/h3-12,16-17,23-26H,13-14H2,1-2H3. The van der Waals surface area contributed by atoms with Crippen LogP contribution >= 0.6 is 0 Å². The summed E-state index contributed by atoms with van der Waals surface area (Å²) in [7, 11) is 2.95. The van der Waals surface area contributed by atoms with Crippen molar-refractivity contribution in [2.75, 3.05) is 21.0 Å². The molecule has 4 N–H and O–H groups in total. The summed E-state index contributed by atoms with van der Waals surface area (Å²) >= 11 is 0. The maximum absolute atomic E-state index is 10.2. The van der Waals surface area contributed by atoms with Gasteiger partial charge < -0.3 is 34.6 Å². The lowest BCUT2D eigenvalue weighted by molar-refractivity contribution is 0.0508. The van der Waals surface area contributed by atoms with Crippen LogP contribution in [-0.4, -0.2) is 53.6 Å². The first kappa shape index (κ1) is 22.3. The molecule has 2 rings (SSSR count). The van der Waals surface area contributed by atoms with Gasteiger partial charge in [0, 0.05) is 13.5 Å². The molecule has 0 amide bonds. The van der Waals surface area contributed by atoms with Gasteiger partial charge in [-0.1, -0.05) is 30.4 Å². The number of aromatic hydroxyl groups is 2. The van der Waals surface area contributed by atoms with Gasteiger partial charge >= 0.3 is 0 Å². The van der Waals surface area contributed by atoms with Gasteiger partial charge in [0.1, 0.15) is 11.5 Å². The number of phenolic OH excluding ortho intramolecular Hbond substituents is 2. The predicted molar refractivity (Wildman–Crippen MR) is 110 cm³/mol. The number of methoxy groups -OCH3 is 2. The molecule has 0 aliphatic heterocycles. The SMILES string of the molecule is COCOc1cccc(O)c1C=CC(O)CC(O)C=Cc1ccc(O)c(OC)c1. The predicted octanol–water partition coefficient (Wildman–Crippen LogP) is 2.93. The van der Waals surface area contributed by atoms with Crippen molar-refractivity contribution in [3.05, 3.63) is 59.7 Å². The molecule has 29 heavy (non-hydrogen) atoms. The Hall–Kier alpha value is -3.00. The Morgan fingerprint density at radius 1 is 0.897 bits per heavy atom. The Morgan fingerprint density at radius 2 is 1.62 bits per heavy atom. The van der Waals surface area contributed by atoms with Gasteiger partial charge in [0.05, 0.1) is 24.9 Å². The van der Waals surface area contributed by atoms with Gasteiger partial charge in [-0.25, -0.2) is 0 Å². The van der Waals surface area contributed by atoms with E-state index in [1.54, 1.807) is 30.3 Å². The van der Waals surface area contributed by atoms with Crippen LogP contribution in [0.15, 0.2) is 48.6 Å². The molecule has 0 heterocycles. The lowest BCUT2D eigenvalue weighted by Crippen LogP contribution is -2.13. The summed E-state index contributed by atoms with van der Waals surface area (Å²) in [5.74, 6) is 0.781. The minimum atomic E-state index is -0.945. The zero-order valence-electron chi connectivity index (χ0n) is 16.4. The molecule has 0 spiro atoms. The number of hydrogen-bond donors (Lipinski definition) is 4. The molecule has 7 heteroatoms. The van der Waals surface area contributed by atoms with Gasteiger partial charge in [-0.05, 0) is 35.9 Å². The fourth-order valence-corrected chi connectivity index (χ4v) is 2.58. The third-order valence-electron chi connectivity index (χ3n) is 4.06. The van der Waals surface area contributed by atoms with Crippen molar-refractivity contribution < 1.29 is 34.6 Å². The lowest BCUT2D eigenvalue weighted by Gasteiger charge is -2.11. The Morgan fingerprint density at radius 3 is 2.31 bits per heavy atom. The highest BCUT2D eigenvalue weighted by Gasteiger charge is 2.10. The molecule has 2 atom stereocenters. The van der Waals surface area contributed by atoms with Crippen molar-refractivity contribution in [2.24, 2.45) is 0 Å². The molecule has 0 saturated heterocycles. The fourth-order valence-electron chi connectivity index (χ4n) is 2.58. The molecule has 156 valence electrons. The monoisotopic (exact) mass is 402 g/mol. The zero-order chi connectivity index (χ0) is 21.2. The molecule has 0 aliphatic rings. The second kappa shape index (κ2) is 11.1. The highest BCUT2D eigenvalue weighted by atomic mass is 16.7. The minimum Gasteiger partial charge on any atom is -0.507 e. The van der Waals surface area contributed by atoms with Gasteiger partial charge in [-0.3, -0.25) is 0 Å². The van der Waals surface area contributed by atoms with Crippen LogP contribution in [0.3, 0.4) is 0 Å². The van der Waals surface area contributed by atoms with Crippen LogP contribution in [0.4, 0.5) is 0 Å². The first-order valence-corrected chi connectivity index (χ1v) is 8.97. The lowest BCUT2D eigenvalue weighted by atomic mass is 10.1. The molecule has 0 bridgehead atoms. The molecule has 2 unspecified atom stereocenters. The Kier molecular flexibility index (Phi) is 8.54. The van der Waals surface area contributed by atoms with Crippen molar-refractivity contribution in [1.82, 2.24) is 0 Å².